The Morgan fingerprint density at radius 3 is 1.53 bits per heavy atom. The summed E-state index contributed by atoms with van der Waals surface area (Å²) in [4.78, 5) is 11.6. The molecule has 96 valence electrons. The Bertz CT molecular complexity index is 399. The zero-order chi connectivity index (χ0) is 13.3. The predicted molar refractivity (Wildman–Crippen MR) is 75.2 cm³/mol. The SMILES string of the molecule is CC(C)(C)[Se]c1cc(=O)cc([Se]C(C)(C)C)o1. The van der Waals surface area contributed by atoms with Gasteiger partial charge >= 0.3 is 116 Å². The van der Waals surface area contributed by atoms with Crippen LogP contribution in [0.2, 0.25) is 8.63 Å². The van der Waals surface area contributed by atoms with E-state index in [0.717, 1.165) is 9.32 Å². The van der Waals surface area contributed by atoms with Crippen LogP contribution in [-0.2, 0) is 0 Å². The van der Waals surface area contributed by atoms with Gasteiger partial charge in [0.1, 0.15) is 0 Å². The molecule has 1 rings (SSSR count). The third-order valence-electron chi connectivity index (χ3n) is 1.53. The molecule has 4 heteroatoms. The van der Waals surface area contributed by atoms with Gasteiger partial charge in [0, 0.05) is 0 Å². The Kier molecular flexibility index (Phi) is 4.71. The van der Waals surface area contributed by atoms with Crippen LogP contribution in [0.25, 0.3) is 0 Å². The number of hydrogen-bond acceptors (Lipinski definition) is 2. The minimum absolute atomic E-state index is 0.0819. The second-order valence-corrected chi connectivity index (χ2v) is 13.5. The molecule has 0 radical (unpaired) electrons. The summed E-state index contributed by atoms with van der Waals surface area (Å²) in [5, 5.41) is 0. The van der Waals surface area contributed by atoms with Gasteiger partial charge in [-0.2, -0.15) is 0 Å². The molecule has 0 fully saturated rings. The first kappa shape index (κ1) is 15.0. The molecule has 17 heavy (non-hydrogen) atoms. The van der Waals surface area contributed by atoms with Crippen molar-refractivity contribution in [3.8, 4) is 0 Å². The van der Waals surface area contributed by atoms with Crippen molar-refractivity contribution >= 4 is 39.2 Å². The van der Waals surface area contributed by atoms with E-state index in [-0.39, 0.29) is 44.0 Å². The molecule has 0 saturated heterocycles. The molecule has 1 aromatic rings. The van der Waals surface area contributed by atoms with Crippen molar-refractivity contribution in [2.45, 2.75) is 50.2 Å². The van der Waals surface area contributed by atoms with Crippen LogP contribution in [0.5, 0.6) is 0 Å². The summed E-state index contributed by atoms with van der Waals surface area (Å²) >= 11 is 0.409. The first-order chi connectivity index (χ1) is 7.55. The molecule has 0 aliphatic heterocycles. The number of rotatable bonds is 2. The Balaban J connectivity index is 2.99. The van der Waals surface area contributed by atoms with E-state index in [9.17, 15) is 4.79 Å². The Labute approximate surface area is 116 Å². The van der Waals surface area contributed by atoms with E-state index in [4.69, 9.17) is 4.42 Å². The summed E-state index contributed by atoms with van der Waals surface area (Å²) in [5.41, 5.74) is 0.0819. The van der Waals surface area contributed by atoms with Crippen LogP contribution in [0.4, 0.5) is 0 Å². The fourth-order valence-corrected chi connectivity index (χ4v) is 5.22. The Morgan fingerprint density at radius 2 is 1.24 bits per heavy atom. The fraction of sp³-hybridized carbons (Fsp3) is 0.615. The van der Waals surface area contributed by atoms with Gasteiger partial charge in [0.15, 0.2) is 0 Å². The van der Waals surface area contributed by atoms with Gasteiger partial charge in [-0.3, -0.25) is 0 Å². The molecule has 0 saturated carbocycles. The standard InChI is InChI=1S/C13H20O2Se2/c1-12(2,3)16-10-7-9(14)8-11(15-10)17-13(4,5)6/h7-8H,1-6H3. The van der Waals surface area contributed by atoms with Crippen LogP contribution < -0.4 is 14.7 Å². The fourth-order valence-electron chi connectivity index (χ4n) is 1.14. The molecule has 1 heterocycles. The third-order valence-corrected chi connectivity index (χ3v) is 5.79. The zero-order valence-electron chi connectivity index (χ0n) is 11.3. The van der Waals surface area contributed by atoms with Gasteiger partial charge in [0.2, 0.25) is 0 Å². The van der Waals surface area contributed by atoms with E-state index in [1.165, 1.54) is 0 Å². The molecule has 0 spiro atoms. The predicted octanol–water partition coefficient (Wildman–Crippen LogP) is 1.74. The van der Waals surface area contributed by atoms with Crippen molar-refractivity contribution in [1.29, 1.82) is 0 Å². The molecule has 0 aliphatic rings. The van der Waals surface area contributed by atoms with Gasteiger partial charge in [-0.25, -0.2) is 0 Å². The first-order valence-corrected chi connectivity index (χ1v) is 9.01. The van der Waals surface area contributed by atoms with Crippen molar-refractivity contribution in [3.05, 3.63) is 22.4 Å². The van der Waals surface area contributed by atoms with Crippen molar-refractivity contribution in [2.75, 3.05) is 0 Å². The van der Waals surface area contributed by atoms with Crippen LogP contribution in [0, 0.1) is 0 Å². The summed E-state index contributed by atoms with van der Waals surface area (Å²) < 4.78 is 8.02. The quantitative estimate of drug-likeness (QED) is 0.747. The summed E-state index contributed by atoms with van der Waals surface area (Å²) in [6, 6.07) is 3.29. The average Bonchev–Trinajstić information content (AvgIpc) is 1.93. The van der Waals surface area contributed by atoms with Gasteiger partial charge < -0.3 is 0 Å². The molecule has 0 aliphatic carbocycles. The summed E-state index contributed by atoms with van der Waals surface area (Å²) in [7, 11) is 0. The van der Waals surface area contributed by atoms with Gasteiger partial charge in [0.25, 0.3) is 0 Å². The topological polar surface area (TPSA) is 30.2 Å². The summed E-state index contributed by atoms with van der Waals surface area (Å²) in [5.74, 6) is 0. The maximum absolute atomic E-state index is 11.6. The molecule has 0 bridgehead atoms. The molecule has 0 unspecified atom stereocenters. The van der Waals surface area contributed by atoms with Crippen LogP contribution in [0.3, 0.4) is 0 Å². The van der Waals surface area contributed by atoms with Crippen LogP contribution >= 0.6 is 0 Å². The monoisotopic (exact) mass is 368 g/mol. The molecular formula is C13H20O2Se2. The van der Waals surface area contributed by atoms with Gasteiger partial charge in [-0.1, -0.05) is 0 Å². The molecule has 1 aromatic heterocycles. The Hall–Kier alpha value is -0.0110. The summed E-state index contributed by atoms with van der Waals surface area (Å²) in [6.07, 6.45) is 0. The molecule has 0 N–H and O–H groups in total. The van der Waals surface area contributed by atoms with E-state index in [1.54, 1.807) is 12.1 Å². The van der Waals surface area contributed by atoms with Crippen LogP contribution in [-0.4, -0.2) is 29.9 Å². The van der Waals surface area contributed by atoms with E-state index < -0.39 is 0 Å². The normalized spacial score (nSPS) is 12.8. The van der Waals surface area contributed by atoms with E-state index in [0.29, 0.717) is 0 Å². The maximum atomic E-state index is 11.6. The van der Waals surface area contributed by atoms with Crippen LogP contribution in [0.15, 0.2) is 21.3 Å². The second kappa shape index (κ2) is 5.32. The third kappa shape index (κ3) is 6.47. The van der Waals surface area contributed by atoms with E-state index >= 15 is 0 Å². The van der Waals surface area contributed by atoms with Gasteiger partial charge in [-0.05, 0) is 0 Å². The molecule has 2 nitrogen and oxygen atoms in total. The zero-order valence-corrected chi connectivity index (χ0v) is 14.7. The van der Waals surface area contributed by atoms with Gasteiger partial charge in [0.05, 0.1) is 0 Å². The molecule has 0 aromatic carbocycles. The summed E-state index contributed by atoms with van der Waals surface area (Å²) in [6.45, 7) is 13.1. The van der Waals surface area contributed by atoms with Gasteiger partial charge in [-0.15, -0.1) is 0 Å². The molecule has 0 atom stereocenters. The number of hydrogen-bond donors (Lipinski definition) is 0. The van der Waals surface area contributed by atoms with Crippen molar-refractivity contribution in [2.24, 2.45) is 0 Å². The van der Waals surface area contributed by atoms with E-state index in [2.05, 4.69) is 41.5 Å². The van der Waals surface area contributed by atoms with Crippen LogP contribution in [0.1, 0.15) is 41.5 Å². The molecular weight excluding hydrogens is 346 g/mol. The van der Waals surface area contributed by atoms with Crippen molar-refractivity contribution < 1.29 is 4.42 Å². The second-order valence-electron chi connectivity index (χ2n) is 5.86. The Morgan fingerprint density at radius 1 is 0.882 bits per heavy atom. The minimum atomic E-state index is 0.0819. The van der Waals surface area contributed by atoms with Crippen molar-refractivity contribution in [3.63, 3.8) is 0 Å². The average molecular weight is 366 g/mol. The van der Waals surface area contributed by atoms with Crippen molar-refractivity contribution in [1.82, 2.24) is 0 Å². The first-order valence-electron chi connectivity index (χ1n) is 5.58. The van der Waals surface area contributed by atoms with E-state index in [1.807, 2.05) is 0 Å². The molecule has 0 amide bonds.